The number of benzene rings is 9. The van der Waals surface area contributed by atoms with Gasteiger partial charge in [-0.1, -0.05) is 311 Å². The Labute approximate surface area is 596 Å². The second kappa shape index (κ2) is 27.8. The highest BCUT2D eigenvalue weighted by Crippen LogP contribution is 2.49. The van der Waals surface area contributed by atoms with Crippen LogP contribution in [0.3, 0.4) is 0 Å². The monoisotopic (exact) mass is 1350 g/mol. The zero-order valence-corrected chi connectivity index (χ0v) is 63.8. The van der Waals surface area contributed by atoms with Gasteiger partial charge < -0.3 is 13.3 Å². The first-order valence-corrected chi connectivity index (χ1v) is 44.7. The minimum Gasteiger partial charge on any atom is -0.401 e. The molecule has 20 aliphatic carbocycles. The molecular formula is C93H102O3Si3. The van der Waals surface area contributed by atoms with Crippen molar-refractivity contribution in [2.75, 3.05) is 0 Å². The first-order valence-electron chi connectivity index (χ1n) is 37.1. The number of allylic oxidation sites excluding steroid dienone is 6. The van der Waals surface area contributed by atoms with Gasteiger partial charge in [-0.2, -0.15) is 0 Å². The van der Waals surface area contributed by atoms with E-state index in [9.17, 15) is 0 Å². The third-order valence-electron chi connectivity index (χ3n) is 24.2. The molecule has 0 N–H and O–H groups in total. The molecule has 9 aromatic carbocycles. The van der Waals surface area contributed by atoms with Gasteiger partial charge in [0, 0.05) is 16.2 Å². The first kappa shape index (κ1) is 69.4. The highest BCUT2D eigenvalue weighted by atomic mass is 28.4. The lowest BCUT2D eigenvalue weighted by atomic mass is 9.70. The fourth-order valence-electron chi connectivity index (χ4n) is 16.0. The smallest absolute Gasteiger partial charge is 0.194 e. The van der Waals surface area contributed by atoms with Crippen molar-refractivity contribution in [1.82, 2.24) is 0 Å². The van der Waals surface area contributed by atoms with Gasteiger partial charge in [0.2, 0.25) is 0 Å². The maximum Gasteiger partial charge on any atom is 0.194 e. The van der Waals surface area contributed by atoms with Gasteiger partial charge in [-0.05, 0) is 218 Å². The zero-order chi connectivity index (χ0) is 69.3. The van der Waals surface area contributed by atoms with Crippen molar-refractivity contribution in [2.45, 2.75) is 171 Å². The van der Waals surface area contributed by atoms with Gasteiger partial charge in [0.05, 0.1) is 0 Å². The molecular weight excluding hydrogens is 1250 g/mol. The van der Waals surface area contributed by atoms with E-state index < -0.39 is 41.8 Å². The summed E-state index contributed by atoms with van der Waals surface area (Å²) in [5.74, 6) is 0. The Morgan fingerprint density at radius 2 is 0.364 bits per heavy atom. The molecule has 99 heavy (non-hydrogen) atoms. The van der Waals surface area contributed by atoms with Crippen LogP contribution in [0.1, 0.15) is 116 Å². The van der Waals surface area contributed by atoms with Gasteiger partial charge in [0.15, 0.2) is 25.0 Å². The lowest BCUT2D eigenvalue weighted by Crippen LogP contribution is -2.48. The van der Waals surface area contributed by atoms with E-state index in [1.165, 1.54) is 83.5 Å². The molecule has 0 radical (unpaired) electrons. The van der Waals surface area contributed by atoms with Crippen LogP contribution in [-0.4, -0.2) is 25.0 Å². The van der Waals surface area contributed by atoms with E-state index in [1.807, 2.05) is 0 Å². The summed E-state index contributed by atoms with van der Waals surface area (Å²) in [6, 6.07) is 91.8. The average molecular weight is 1350 g/mol. The molecule has 0 spiro atoms. The van der Waals surface area contributed by atoms with Gasteiger partial charge >= 0.3 is 0 Å². The SMILES string of the molecule is CC[Si](CC)(CC)OC12C=CC(C)(C=C1)c1ccc(cc1)-c1ccc(cc1)-c1ccc(cc1)C1(C)C=CC(C)(C=C1)c1ccc(cc1)-c1cccc(c1)-c1ccc(cc1)C1(O[Si](CC)(CC)CC)C=CC(O[Si](CC)(CC)CC)(C=C1)c1ccc(cc1)-c1ccc(cc1)-c1ccc2cc1. The van der Waals surface area contributed by atoms with Crippen LogP contribution in [-0.2, 0) is 46.3 Å². The maximum atomic E-state index is 7.78. The summed E-state index contributed by atoms with van der Waals surface area (Å²) >= 11 is 0. The van der Waals surface area contributed by atoms with Crippen molar-refractivity contribution in [3.05, 3.63) is 325 Å². The van der Waals surface area contributed by atoms with Crippen molar-refractivity contribution in [3.8, 4) is 66.8 Å². The lowest BCUT2D eigenvalue weighted by molar-refractivity contribution is 0.121. The molecule has 6 heteroatoms. The fourth-order valence-corrected chi connectivity index (χ4v) is 24.8. The molecule has 504 valence electrons. The lowest BCUT2D eigenvalue weighted by Gasteiger charge is -2.46. The topological polar surface area (TPSA) is 27.7 Å². The van der Waals surface area contributed by atoms with Crippen molar-refractivity contribution in [2.24, 2.45) is 0 Å². The molecule has 9 aromatic rings. The quantitative estimate of drug-likeness (QED) is 0.0756. The Kier molecular flexibility index (Phi) is 19.5. The molecule has 29 rings (SSSR count). The molecule has 0 fully saturated rings. The second-order valence-corrected chi connectivity index (χ2v) is 43.5. The molecule has 0 aromatic heterocycles. The predicted molar refractivity (Wildman–Crippen MR) is 429 cm³/mol. The van der Waals surface area contributed by atoms with Crippen LogP contribution in [0.25, 0.3) is 66.8 Å². The summed E-state index contributed by atoms with van der Waals surface area (Å²) < 4.78 is 23.2. The van der Waals surface area contributed by atoms with Crippen LogP contribution in [0.4, 0.5) is 0 Å². The number of hydrogen-bond acceptors (Lipinski definition) is 3. The van der Waals surface area contributed by atoms with Crippen LogP contribution >= 0.6 is 0 Å². The Hall–Kier alpha value is -8.05. The summed E-state index contributed by atoms with van der Waals surface area (Å²) in [6.45, 7) is 28.0. The summed E-state index contributed by atoms with van der Waals surface area (Å²) in [6.07, 6.45) is 28.6. The average Bonchev–Trinajstić information content (AvgIpc) is 0.754. The first-order chi connectivity index (χ1) is 47.8. The number of hydrogen-bond donors (Lipinski definition) is 0. The highest BCUT2D eigenvalue weighted by Gasteiger charge is 2.47. The van der Waals surface area contributed by atoms with Crippen LogP contribution < -0.4 is 0 Å². The molecule has 0 atom stereocenters. The van der Waals surface area contributed by atoms with Crippen LogP contribution in [0, 0.1) is 0 Å². The molecule has 20 aliphatic rings. The number of rotatable bonds is 15. The van der Waals surface area contributed by atoms with Crippen LogP contribution in [0.15, 0.2) is 291 Å². The molecule has 0 amide bonds. The zero-order valence-electron chi connectivity index (χ0n) is 60.8. The minimum atomic E-state index is -2.19. The third kappa shape index (κ3) is 13.3. The van der Waals surface area contributed by atoms with Gasteiger partial charge in [-0.3, -0.25) is 0 Å². The van der Waals surface area contributed by atoms with E-state index in [0.29, 0.717) is 0 Å². The van der Waals surface area contributed by atoms with Crippen molar-refractivity contribution in [3.63, 3.8) is 0 Å². The summed E-state index contributed by atoms with van der Waals surface area (Å²) in [5, 5.41) is 0. The van der Waals surface area contributed by atoms with Gasteiger partial charge in [-0.25, -0.2) is 0 Å². The molecule has 0 unspecified atom stereocenters. The van der Waals surface area contributed by atoms with Crippen LogP contribution in [0.2, 0.25) is 54.4 Å². The van der Waals surface area contributed by atoms with E-state index in [0.717, 1.165) is 71.1 Å². The summed E-state index contributed by atoms with van der Waals surface area (Å²) in [4.78, 5) is 0. The molecule has 0 heterocycles. The van der Waals surface area contributed by atoms with Gasteiger partial charge in [-0.15, -0.1) is 0 Å². The van der Waals surface area contributed by atoms with Crippen molar-refractivity contribution < 1.29 is 13.3 Å². The van der Waals surface area contributed by atoms with E-state index in [2.05, 4.69) is 374 Å². The van der Waals surface area contributed by atoms with Gasteiger partial charge in [0.25, 0.3) is 0 Å². The molecule has 0 aliphatic heterocycles. The molecule has 0 saturated carbocycles. The predicted octanol–water partition coefficient (Wildman–Crippen LogP) is 25.9. The minimum absolute atomic E-state index is 0.230. The van der Waals surface area contributed by atoms with Gasteiger partial charge in [0.1, 0.15) is 16.8 Å². The Bertz CT molecular complexity index is 4410. The standard InChI is InChI=1S/C93H102O3Si3/c1-13-97(14-2,15-3)94-91-63-61-90(12,62-64-91)84-47-35-75(36-48-84)71-27-25-70(26-28-71)74-33-45-82(46-34-74)88(10)57-59-89(11,60-58-88)83-49-37-78(38-50-83)80-23-22-24-81(69-80)79-43-55-87(56-44-79)93(96-99(19-7,20-8)21-9)67-65-92(66-68-93,95-98(16-4,17-5)18-6)86-53-41-77(42-54-86)73-31-29-72(30-32-73)76-39-51-85(91)52-40-76/h22-69H,13-21H2,1-12H3. The Balaban J connectivity index is 0.866. The van der Waals surface area contributed by atoms with E-state index in [4.69, 9.17) is 13.3 Å². The molecule has 0 saturated heterocycles. The molecule has 3 nitrogen and oxygen atoms in total. The summed E-state index contributed by atoms with van der Waals surface area (Å²) in [5.41, 5.74) is 18.6. The summed E-state index contributed by atoms with van der Waals surface area (Å²) in [7, 11) is -6.48. The molecule has 24 bridgehead atoms. The fraction of sp³-hybridized carbons (Fsp3) is 0.290. The van der Waals surface area contributed by atoms with E-state index in [-0.39, 0.29) is 16.2 Å². The highest BCUT2D eigenvalue weighted by molar-refractivity contribution is 6.74. The van der Waals surface area contributed by atoms with Crippen LogP contribution in [0.5, 0.6) is 0 Å². The van der Waals surface area contributed by atoms with E-state index >= 15 is 0 Å². The van der Waals surface area contributed by atoms with E-state index in [1.54, 1.807) is 0 Å². The maximum absolute atomic E-state index is 7.78. The second-order valence-electron chi connectivity index (χ2n) is 29.5. The Morgan fingerprint density at radius 1 is 0.202 bits per heavy atom. The Morgan fingerprint density at radius 3 is 0.566 bits per heavy atom. The van der Waals surface area contributed by atoms with Crippen molar-refractivity contribution >= 4 is 25.0 Å². The third-order valence-corrected chi connectivity index (χ3v) is 38.1. The normalized spacial score (nSPS) is 23.0. The van der Waals surface area contributed by atoms with Crippen molar-refractivity contribution in [1.29, 1.82) is 0 Å². The largest absolute Gasteiger partial charge is 0.401 e.